The van der Waals surface area contributed by atoms with E-state index in [9.17, 15) is 4.79 Å². The zero-order valence-electron chi connectivity index (χ0n) is 13.4. The summed E-state index contributed by atoms with van der Waals surface area (Å²) in [5.74, 6) is 0.266. The van der Waals surface area contributed by atoms with E-state index in [0.717, 1.165) is 50.1 Å². The maximum atomic E-state index is 12.4. The lowest BCUT2D eigenvalue weighted by atomic mass is 9.89. The molecule has 0 bridgehead atoms. The minimum absolute atomic E-state index is 0.0759. The van der Waals surface area contributed by atoms with Gasteiger partial charge in [-0.15, -0.1) is 0 Å². The van der Waals surface area contributed by atoms with Crippen LogP contribution in [0.5, 0.6) is 0 Å². The molecule has 0 saturated carbocycles. The Morgan fingerprint density at radius 3 is 3.14 bits per heavy atom. The molecule has 5 heteroatoms. The van der Waals surface area contributed by atoms with E-state index in [4.69, 9.17) is 0 Å². The molecule has 0 spiro atoms. The first-order valence-electron chi connectivity index (χ1n) is 8.02. The first-order valence-corrected chi connectivity index (χ1v) is 8.02. The second kappa shape index (κ2) is 6.48. The number of nitrogens with one attached hydrogen (secondary N) is 1. The van der Waals surface area contributed by atoms with E-state index in [1.54, 1.807) is 0 Å². The Balaban J connectivity index is 1.62. The average molecular weight is 300 g/mol. The number of aromatic nitrogens is 2. The van der Waals surface area contributed by atoms with E-state index in [2.05, 4.69) is 33.7 Å². The van der Waals surface area contributed by atoms with Crippen LogP contribution < -0.4 is 5.32 Å². The third-order valence-electron chi connectivity index (χ3n) is 4.33. The van der Waals surface area contributed by atoms with Crippen LogP contribution in [0.3, 0.4) is 0 Å². The van der Waals surface area contributed by atoms with Crippen LogP contribution in [0.1, 0.15) is 24.2 Å². The minimum Gasteiger partial charge on any atom is -0.356 e. The van der Waals surface area contributed by atoms with Gasteiger partial charge in [-0.3, -0.25) is 4.79 Å². The van der Waals surface area contributed by atoms with Crippen molar-refractivity contribution in [1.29, 1.82) is 0 Å². The second-order valence-electron chi connectivity index (χ2n) is 6.32. The molecule has 2 aromatic rings. The van der Waals surface area contributed by atoms with Crippen molar-refractivity contribution in [3.63, 3.8) is 0 Å². The van der Waals surface area contributed by atoms with Gasteiger partial charge in [0.05, 0.1) is 5.69 Å². The molecule has 0 saturated heterocycles. The molecule has 118 valence electrons. The van der Waals surface area contributed by atoms with Gasteiger partial charge in [-0.1, -0.05) is 6.07 Å². The van der Waals surface area contributed by atoms with Crippen molar-refractivity contribution in [2.24, 2.45) is 5.92 Å². The van der Waals surface area contributed by atoms with Gasteiger partial charge in [0.15, 0.2) is 0 Å². The fraction of sp³-hybridized carbons (Fsp3) is 0.529. The third kappa shape index (κ3) is 3.14. The Bertz CT molecular complexity index is 662. The first-order chi connectivity index (χ1) is 10.6. The molecular formula is C17H24N4O. The molecule has 1 atom stereocenters. The number of nitrogens with zero attached hydrogens (tertiary/aromatic N) is 3. The number of amides is 1. The van der Waals surface area contributed by atoms with Gasteiger partial charge in [-0.25, -0.2) is 4.98 Å². The number of fused-ring (bicyclic) bond motifs is 3. The van der Waals surface area contributed by atoms with E-state index in [1.165, 1.54) is 5.69 Å². The fourth-order valence-corrected chi connectivity index (χ4v) is 3.13. The molecule has 1 aliphatic carbocycles. The molecule has 1 N–H and O–H groups in total. The van der Waals surface area contributed by atoms with Gasteiger partial charge in [0.25, 0.3) is 0 Å². The number of carbonyl (C=O) groups excluding carboxylic acids is 1. The molecule has 0 aromatic carbocycles. The average Bonchev–Trinajstić information content (AvgIpc) is 2.89. The van der Waals surface area contributed by atoms with E-state index in [-0.39, 0.29) is 11.8 Å². The summed E-state index contributed by atoms with van der Waals surface area (Å²) in [7, 11) is 4.10. The molecule has 2 heterocycles. The van der Waals surface area contributed by atoms with Gasteiger partial charge in [0.1, 0.15) is 5.65 Å². The largest absolute Gasteiger partial charge is 0.356 e. The fourth-order valence-electron chi connectivity index (χ4n) is 3.13. The van der Waals surface area contributed by atoms with Crippen molar-refractivity contribution >= 4 is 11.6 Å². The highest BCUT2D eigenvalue weighted by molar-refractivity contribution is 5.79. The number of hydrogen-bond acceptors (Lipinski definition) is 3. The van der Waals surface area contributed by atoms with Crippen molar-refractivity contribution in [3.8, 4) is 0 Å². The predicted octanol–water partition coefficient (Wildman–Crippen LogP) is 1.51. The van der Waals surface area contributed by atoms with Gasteiger partial charge < -0.3 is 14.6 Å². The van der Waals surface area contributed by atoms with Crippen molar-refractivity contribution in [2.75, 3.05) is 27.2 Å². The lowest BCUT2D eigenvalue weighted by molar-refractivity contribution is -0.125. The predicted molar refractivity (Wildman–Crippen MR) is 86.9 cm³/mol. The maximum Gasteiger partial charge on any atom is 0.223 e. The highest BCUT2D eigenvalue weighted by Crippen LogP contribution is 2.26. The van der Waals surface area contributed by atoms with Crippen molar-refractivity contribution < 1.29 is 4.79 Å². The SMILES string of the molecule is CN(C)CCCNC(=O)C1CCc2nc3ccccn3c2C1. The number of imidazole rings is 1. The smallest absolute Gasteiger partial charge is 0.223 e. The highest BCUT2D eigenvalue weighted by Gasteiger charge is 2.27. The summed E-state index contributed by atoms with van der Waals surface area (Å²) in [5.41, 5.74) is 3.35. The van der Waals surface area contributed by atoms with Crippen LogP contribution in [0.25, 0.3) is 5.65 Å². The molecule has 1 aliphatic rings. The van der Waals surface area contributed by atoms with E-state index >= 15 is 0 Å². The molecule has 3 rings (SSSR count). The quantitative estimate of drug-likeness (QED) is 0.852. The zero-order chi connectivity index (χ0) is 15.5. The van der Waals surface area contributed by atoms with Gasteiger partial charge in [0.2, 0.25) is 5.91 Å². The third-order valence-corrected chi connectivity index (χ3v) is 4.33. The Morgan fingerprint density at radius 1 is 1.45 bits per heavy atom. The molecule has 0 aliphatic heterocycles. The lowest BCUT2D eigenvalue weighted by Gasteiger charge is -2.21. The number of carbonyl (C=O) groups is 1. The molecule has 2 aromatic heterocycles. The summed E-state index contributed by atoms with van der Waals surface area (Å²) in [6.07, 6.45) is 5.62. The van der Waals surface area contributed by atoms with Crippen molar-refractivity contribution in [2.45, 2.75) is 25.7 Å². The van der Waals surface area contributed by atoms with E-state index in [1.807, 2.05) is 24.4 Å². The number of aryl methyl sites for hydroxylation is 1. The van der Waals surface area contributed by atoms with Gasteiger partial charge in [0, 0.05) is 30.8 Å². The van der Waals surface area contributed by atoms with Crippen LogP contribution in [0, 0.1) is 5.92 Å². The molecule has 0 fully saturated rings. The first kappa shape index (κ1) is 15.0. The summed E-state index contributed by atoms with van der Waals surface area (Å²) in [6.45, 7) is 1.76. The second-order valence-corrected chi connectivity index (χ2v) is 6.32. The van der Waals surface area contributed by atoms with Crippen LogP contribution in [-0.4, -0.2) is 47.4 Å². The van der Waals surface area contributed by atoms with Gasteiger partial charge >= 0.3 is 0 Å². The molecule has 5 nitrogen and oxygen atoms in total. The van der Waals surface area contributed by atoms with Crippen LogP contribution in [0.4, 0.5) is 0 Å². The van der Waals surface area contributed by atoms with Gasteiger partial charge in [-0.05, 0) is 52.0 Å². The van der Waals surface area contributed by atoms with Crippen LogP contribution in [-0.2, 0) is 17.6 Å². The highest BCUT2D eigenvalue weighted by atomic mass is 16.1. The molecule has 0 radical (unpaired) electrons. The topological polar surface area (TPSA) is 49.6 Å². The van der Waals surface area contributed by atoms with E-state index in [0.29, 0.717) is 0 Å². The summed E-state index contributed by atoms with van der Waals surface area (Å²) in [4.78, 5) is 19.2. The standard InChI is InChI=1S/C17H24N4O/c1-20(2)10-5-9-18-17(22)13-7-8-14-15(12-13)21-11-4-3-6-16(21)19-14/h3-4,6,11,13H,5,7-10,12H2,1-2H3,(H,18,22). The summed E-state index contributed by atoms with van der Waals surface area (Å²) in [5, 5.41) is 3.08. The zero-order valence-corrected chi connectivity index (χ0v) is 13.4. The monoisotopic (exact) mass is 300 g/mol. The maximum absolute atomic E-state index is 12.4. The Labute approximate surface area is 131 Å². The molecule has 22 heavy (non-hydrogen) atoms. The lowest BCUT2D eigenvalue weighted by Crippen LogP contribution is -2.35. The summed E-state index contributed by atoms with van der Waals surface area (Å²) in [6, 6.07) is 6.04. The van der Waals surface area contributed by atoms with Crippen molar-refractivity contribution in [1.82, 2.24) is 19.6 Å². The van der Waals surface area contributed by atoms with E-state index < -0.39 is 0 Å². The Hall–Kier alpha value is -1.88. The normalized spacial score (nSPS) is 17.7. The number of rotatable bonds is 5. The Kier molecular flexibility index (Phi) is 4.43. The van der Waals surface area contributed by atoms with Crippen LogP contribution in [0.2, 0.25) is 0 Å². The Morgan fingerprint density at radius 2 is 2.32 bits per heavy atom. The number of pyridine rings is 1. The molecular weight excluding hydrogens is 276 g/mol. The molecule has 1 amide bonds. The molecule has 1 unspecified atom stereocenters. The number of hydrogen-bond donors (Lipinski definition) is 1. The summed E-state index contributed by atoms with van der Waals surface area (Å²) >= 11 is 0. The van der Waals surface area contributed by atoms with Crippen molar-refractivity contribution in [3.05, 3.63) is 35.8 Å². The minimum atomic E-state index is 0.0759. The summed E-state index contributed by atoms with van der Waals surface area (Å²) < 4.78 is 2.13. The van der Waals surface area contributed by atoms with Crippen LogP contribution >= 0.6 is 0 Å². The van der Waals surface area contributed by atoms with Crippen LogP contribution in [0.15, 0.2) is 24.4 Å². The van der Waals surface area contributed by atoms with Gasteiger partial charge in [-0.2, -0.15) is 0 Å².